The molecule has 0 saturated heterocycles. The molecule has 0 N–H and O–H groups in total. The highest BCUT2D eigenvalue weighted by atomic mass is 15.0. The van der Waals surface area contributed by atoms with Gasteiger partial charge in [0, 0.05) is 33.4 Å². The number of nitrogens with zero attached hydrogens (tertiary/aromatic N) is 5. The maximum atomic E-state index is 5.13. The van der Waals surface area contributed by atoms with Gasteiger partial charge in [0.2, 0.25) is 0 Å². The van der Waals surface area contributed by atoms with Gasteiger partial charge in [0.15, 0.2) is 23.3 Å². The van der Waals surface area contributed by atoms with Crippen molar-refractivity contribution in [2.24, 2.45) is 0 Å². The van der Waals surface area contributed by atoms with Gasteiger partial charge in [-0.15, -0.1) is 0 Å². The summed E-state index contributed by atoms with van der Waals surface area (Å²) in [6.45, 7) is 0. The highest BCUT2D eigenvalue weighted by molar-refractivity contribution is 6.06. The van der Waals surface area contributed by atoms with Crippen LogP contribution in [-0.4, -0.2) is 24.9 Å². The second-order valence-electron chi connectivity index (χ2n) is 15.6. The molecule has 5 nitrogen and oxygen atoms in total. The first-order chi connectivity index (χ1) is 31.7. The molecule has 300 valence electrons. The molecule has 11 rings (SSSR count). The van der Waals surface area contributed by atoms with Gasteiger partial charge in [-0.05, 0) is 50.2 Å². The molecule has 2 aromatic heterocycles. The first-order valence-corrected chi connectivity index (χ1v) is 21.4. The number of fused-ring (bicyclic) bond motifs is 1. The molecule has 9 aromatic carbocycles. The number of hydrogen-bond donors (Lipinski definition) is 0. The van der Waals surface area contributed by atoms with Gasteiger partial charge in [0.05, 0.1) is 11.4 Å². The predicted molar refractivity (Wildman–Crippen MR) is 262 cm³/mol. The average molecular weight is 818 g/mol. The summed E-state index contributed by atoms with van der Waals surface area (Å²) >= 11 is 0. The Morgan fingerprint density at radius 1 is 0.219 bits per heavy atom. The zero-order valence-corrected chi connectivity index (χ0v) is 34.8. The van der Waals surface area contributed by atoms with Crippen LogP contribution in [0.5, 0.6) is 0 Å². The van der Waals surface area contributed by atoms with Crippen LogP contribution in [0.2, 0.25) is 0 Å². The SMILES string of the molecule is c1ccc(-c2cc(-c3ccccc3)nc(-c3ccc(-c4ccc(-c5c(-c6ccccc6-c6nc(-c7ccccc7)nc(-c7ccccc7)n6)ccc6ccccc56)cc4)cc3)n2)cc1. The van der Waals surface area contributed by atoms with E-state index in [0.29, 0.717) is 23.3 Å². The molecule has 11 aromatic rings. The third-order valence-electron chi connectivity index (χ3n) is 11.6. The van der Waals surface area contributed by atoms with Crippen molar-refractivity contribution in [1.82, 2.24) is 24.9 Å². The second kappa shape index (κ2) is 17.0. The minimum Gasteiger partial charge on any atom is -0.228 e. The molecule has 2 heterocycles. The molecule has 0 aliphatic heterocycles. The fourth-order valence-corrected chi connectivity index (χ4v) is 8.38. The lowest BCUT2D eigenvalue weighted by Crippen LogP contribution is -2.01. The number of benzene rings is 9. The molecule has 0 bridgehead atoms. The predicted octanol–water partition coefficient (Wildman–Crippen LogP) is 14.8. The van der Waals surface area contributed by atoms with Crippen molar-refractivity contribution in [2.75, 3.05) is 0 Å². The molecule has 0 amide bonds. The summed E-state index contributed by atoms with van der Waals surface area (Å²) in [5.74, 6) is 2.57. The maximum absolute atomic E-state index is 5.13. The van der Waals surface area contributed by atoms with E-state index in [2.05, 4.69) is 140 Å². The third kappa shape index (κ3) is 7.63. The Balaban J connectivity index is 0.975. The van der Waals surface area contributed by atoms with Crippen molar-refractivity contribution < 1.29 is 0 Å². The number of aromatic nitrogens is 5. The Bertz CT molecular complexity index is 3280. The highest BCUT2D eigenvalue weighted by Gasteiger charge is 2.19. The molecule has 0 saturated carbocycles. The standard InChI is InChI=1S/C59H39N5/c1-5-18-43(19-6-1)53-39-54(44-20-7-2-8-21-44)61-56(60-53)48-35-31-41(32-36-48)40-29-33-45(34-30-40)55-49-26-14-13-17-42(49)37-38-51(55)50-27-15-16-28-52(50)59-63-57(46-22-9-3-10-23-46)62-58(64-59)47-24-11-4-12-25-47/h1-39H. The molecule has 0 aliphatic rings. The van der Waals surface area contributed by atoms with E-state index in [1.807, 2.05) is 97.1 Å². The van der Waals surface area contributed by atoms with E-state index in [1.54, 1.807) is 0 Å². The lowest BCUT2D eigenvalue weighted by Gasteiger charge is -2.17. The van der Waals surface area contributed by atoms with Crippen LogP contribution in [0.25, 0.3) is 112 Å². The van der Waals surface area contributed by atoms with E-state index >= 15 is 0 Å². The molecule has 0 unspecified atom stereocenters. The van der Waals surface area contributed by atoms with Crippen LogP contribution in [0.1, 0.15) is 0 Å². The van der Waals surface area contributed by atoms with Gasteiger partial charge < -0.3 is 0 Å². The average Bonchev–Trinajstić information content (AvgIpc) is 3.39. The lowest BCUT2D eigenvalue weighted by molar-refractivity contribution is 1.07. The summed E-state index contributed by atoms with van der Waals surface area (Å²) in [7, 11) is 0. The summed E-state index contributed by atoms with van der Waals surface area (Å²) < 4.78 is 0. The van der Waals surface area contributed by atoms with Gasteiger partial charge in [-0.1, -0.05) is 231 Å². The Morgan fingerprint density at radius 2 is 0.609 bits per heavy atom. The van der Waals surface area contributed by atoms with Crippen molar-refractivity contribution in [2.45, 2.75) is 0 Å². The van der Waals surface area contributed by atoms with Crippen molar-refractivity contribution in [3.8, 4) is 101 Å². The van der Waals surface area contributed by atoms with Crippen molar-refractivity contribution in [3.05, 3.63) is 237 Å². The van der Waals surface area contributed by atoms with Crippen LogP contribution < -0.4 is 0 Å². The Morgan fingerprint density at radius 3 is 1.16 bits per heavy atom. The zero-order chi connectivity index (χ0) is 42.7. The molecular weight excluding hydrogens is 779 g/mol. The minimum atomic E-state index is 0.620. The van der Waals surface area contributed by atoms with Gasteiger partial charge in [-0.2, -0.15) is 0 Å². The van der Waals surface area contributed by atoms with Gasteiger partial charge in [-0.25, -0.2) is 24.9 Å². The van der Waals surface area contributed by atoms with Crippen LogP contribution in [0.15, 0.2) is 237 Å². The monoisotopic (exact) mass is 817 g/mol. The van der Waals surface area contributed by atoms with Gasteiger partial charge in [0.25, 0.3) is 0 Å². The van der Waals surface area contributed by atoms with Crippen molar-refractivity contribution in [1.29, 1.82) is 0 Å². The Hall–Kier alpha value is -8.67. The third-order valence-corrected chi connectivity index (χ3v) is 11.6. The molecule has 0 aliphatic carbocycles. The normalized spacial score (nSPS) is 11.1. The fraction of sp³-hybridized carbons (Fsp3) is 0. The summed E-state index contributed by atoms with van der Waals surface area (Å²) in [6, 6.07) is 81.8. The van der Waals surface area contributed by atoms with Crippen molar-refractivity contribution >= 4 is 10.8 Å². The molecule has 0 atom stereocenters. The fourth-order valence-electron chi connectivity index (χ4n) is 8.38. The Kier molecular flexibility index (Phi) is 10.2. The Labute approximate surface area is 372 Å². The molecule has 0 spiro atoms. The van der Waals surface area contributed by atoms with E-state index in [4.69, 9.17) is 24.9 Å². The minimum absolute atomic E-state index is 0.620. The first-order valence-electron chi connectivity index (χ1n) is 21.4. The van der Waals surface area contributed by atoms with E-state index in [9.17, 15) is 0 Å². The van der Waals surface area contributed by atoms with E-state index < -0.39 is 0 Å². The largest absolute Gasteiger partial charge is 0.228 e. The second-order valence-corrected chi connectivity index (χ2v) is 15.6. The zero-order valence-electron chi connectivity index (χ0n) is 34.8. The summed E-state index contributed by atoms with van der Waals surface area (Å²) in [5, 5.41) is 2.34. The van der Waals surface area contributed by atoms with Crippen LogP contribution in [0, 0.1) is 0 Å². The summed E-state index contributed by atoms with van der Waals surface area (Å²) in [4.78, 5) is 25.3. The topological polar surface area (TPSA) is 64.5 Å². The van der Waals surface area contributed by atoms with Crippen LogP contribution in [0.4, 0.5) is 0 Å². The smallest absolute Gasteiger partial charge is 0.164 e. The number of hydrogen-bond acceptors (Lipinski definition) is 5. The van der Waals surface area contributed by atoms with Gasteiger partial charge in [0.1, 0.15) is 0 Å². The van der Waals surface area contributed by atoms with E-state index in [0.717, 1.165) is 78.1 Å². The van der Waals surface area contributed by atoms with Crippen LogP contribution in [0.3, 0.4) is 0 Å². The molecular formula is C59H39N5. The summed E-state index contributed by atoms with van der Waals surface area (Å²) in [5.41, 5.74) is 14.3. The quantitative estimate of drug-likeness (QED) is 0.145. The molecule has 5 heteroatoms. The molecule has 0 radical (unpaired) electrons. The van der Waals surface area contributed by atoms with Crippen molar-refractivity contribution in [3.63, 3.8) is 0 Å². The number of rotatable bonds is 9. The highest BCUT2D eigenvalue weighted by Crippen LogP contribution is 2.42. The first kappa shape index (κ1) is 38.3. The molecule has 64 heavy (non-hydrogen) atoms. The summed E-state index contributed by atoms with van der Waals surface area (Å²) in [6.07, 6.45) is 0. The van der Waals surface area contributed by atoms with Gasteiger partial charge in [-0.3, -0.25) is 0 Å². The molecule has 0 fully saturated rings. The maximum Gasteiger partial charge on any atom is 0.164 e. The van der Waals surface area contributed by atoms with E-state index in [1.165, 1.54) is 10.8 Å². The van der Waals surface area contributed by atoms with Crippen LogP contribution >= 0.6 is 0 Å². The van der Waals surface area contributed by atoms with E-state index in [-0.39, 0.29) is 0 Å². The lowest BCUT2D eigenvalue weighted by atomic mass is 9.87. The van der Waals surface area contributed by atoms with Gasteiger partial charge >= 0.3 is 0 Å². The van der Waals surface area contributed by atoms with Crippen LogP contribution in [-0.2, 0) is 0 Å².